The monoisotopic (exact) mass is 362 g/mol. The van der Waals surface area contributed by atoms with E-state index < -0.39 is 11.6 Å². The molecule has 0 bridgehead atoms. The molecule has 0 saturated carbocycles. The second-order valence-electron chi connectivity index (χ2n) is 4.82. The van der Waals surface area contributed by atoms with E-state index >= 15 is 0 Å². The van der Waals surface area contributed by atoms with Crippen LogP contribution < -0.4 is 5.32 Å². The number of furan rings is 1. The van der Waals surface area contributed by atoms with Crippen molar-refractivity contribution >= 4 is 35.5 Å². The van der Waals surface area contributed by atoms with Crippen LogP contribution in [0.1, 0.15) is 11.6 Å². The van der Waals surface area contributed by atoms with Gasteiger partial charge in [0, 0.05) is 11.8 Å². The number of nitrogens with one attached hydrogen (secondary N) is 2. The maximum Gasteiger partial charge on any atom is 0.234 e. The second kappa shape index (κ2) is 7.75. The van der Waals surface area contributed by atoms with E-state index in [-0.39, 0.29) is 17.3 Å². The van der Waals surface area contributed by atoms with Gasteiger partial charge in [-0.2, -0.15) is 0 Å². The molecule has 0 spiro atoms. The third-order valence-corrected chi connectivity index (χ3v) is 3.81. The summed E-state index contributed by atoms with van der Waals surface area (Å²) < 4.78 is 31.1. The number of aromatic nitrogens is 3. The highest BCUT2D eigenvalue weighted by Crippen LogP contribution is 2.16. The van der Waals surface area contributed by atoms with Crippen molar-refractivity contribution in [1.82, 2.24) is 15.2 Å². The molecule has 0 radical (unpaired) electrons. The summed E-state index contributed by atoms with van der Waals surface area (Å²) in [6.45, 7) is 0. The van der Waals surface area contributed by atoms with Gasteiger partial charge in [0.2, 0.25) is 11.1 Å². The number of thioether (sulfide) groups is 1. The van der Waals surface area contributed by atoms with Crippen molar-refractivity contribution in [2.45, 2.75) is 5.16 Å². The molecule has 25 heavy (non-hydrogen) atoms. The van der Waals surface area contributed by atoms with E-state index in [0.717, 1.165) is 23.9 Å². The van der Waals surface area contributed by atoms with Crippen molar-refractivity contribution in [2.75, 3.05) is 11.1 Å². The van der Waals surface area contributed by atoms with Crippen LogP contribution in [0.2, 0.25) is 0 Å². The van der Waals surface area contributed by atoms with Gasteiger partial charge >= 0.3 is 0 Å². The third kappa shape index (κ3) is 4.77. The number of hydrogen-bond donors (Lipinski definition) is 2. The quantitative estimate of drug-likeness (QED) is 0.655. The summed E-state index contributed by atoms with van der Waals surface area (Å²) in [6, 6.07) is 6.72. The molecule has 3 aromatic rings. The normalized spacial score (nSPS) is 11.1. The highest BCUT2D eigenvalue weighted by molar-refractivity contribution is 7.99. The van der Waals surface area contributed by atoms with Gasteiger partial charge in [-0.25, -0.2) is 13.8 Å². The molecule has 2 N–H and O–H groups in total. The van der Waals surface area contributed by atoms with Gasteiger partial charge in [0.05, 0.1) is 12.0 Å². The SMILES string of the molecule is O=C(CSc1n[nH]c(C=Cc2ccco2)n1)Nc1ccc(F)c(F)c1. The Bertz CT molecular complexity index is 893. The highest BCUT2D eigenvalue weighted by atomic mass is 32.2. The van der Waals surface area contributed by atoms with E-state index in [4.69, 9.17) is 4.42 Å². The molecular formula is C16H12F2N4O2S. The first-order chi connectivity index (χ1) is 12.1. The zero-order chi connectivity index (χ0) is 17.6. The first-order valence-electron chi connectivity index (χ1n) is 7.12. The summed E-state index contributed by atoms with van der Waals surface area (Å²) in [5.74, 6) is -1.15. The second-order valence-corrected chi connectivity index (χ2v) is 5.76. The zero-order valence-electron chi connectivity index (χ0n) is 12.7. The van der Waals surface area contributed by atoms with E-state index in [0.29, 0.717) is 16.7 Å². The van der Waals surface area contributed by atoms with E-state index in [1.807, 2.05) is 0 Å². The van der Waals surface area contributed by atoms with Gasteiger partial charge in [-0.05, 0) is 36.4 Å². The van der Waals surface area contributed by atoms with Crippen LogP contribution in [0.4, 0.5) is 14.5 Å². The molecule has 9 heteroatoms. The number of amides is 1. The number of carbonyl (C=O) groups is 1. The zero-order valence-corrected chi connectivity index (χ0v) is 13.5. The fourth-order valence-electron chi connectivity index (χ4n) is 1.85. The first-order valence-corrected chi connectivity index (χ1v) is 8.10. The van der Waals surface area contributed by atoms with Crippen LogP contribution >= 0.6 is 11.8 Å². The lowest BCUT2D eigenvalue weighted by Crippen LogP contribution is -2.14. The van der Waals surface area contributed by atoms with Crippen molar-refractivity contribution in [3.05, 3.63) is 59.8 Å². The summed E-state index contributed by atoms with van der Waals surface area (Å²) in [5.41, 5.74) is 0.182. The van der Waals surface area contributed by atoms with Crippen molar-refractivity contribution < 1.29 is 18.0 Å². The van der Waals surface area contributed by atoms with Crippen LogP contribution in [-0.2, 0) is 4.79 Å². The Morgan fingerprint density at radius 3 is 2.92 bits per heavy atom. The number of anilines is 1. The Labute approximate surface area is 145 Å². The minimum absolute atomic E-state index is 0.0260. The van der Waals surface area contributed by atoms with Gasteiger partial charge < -0.3 is 9.73 Å². The number of nitrogens with zero attached hydrogens (tertiary/aromatic N) is 2. The molecular weight excluding hydrogens is 350 g/mol. The smallest absolute Gasteiger partial charge is 0.234 e. The minimum Gasteiger partial charge on any atom is -0.465 e. The molecule has 2 aromatic heterocycles. The van der Waals surface area contributed by atoms with Crippen LogP contribution in [0, 0.1) is 11.6 Å². The highest BCUT2D eigenvalue weighted by Gasteiger charge is 2.09. The van der Waals surface area contributed by atoms with Crippen LogP contribution in [0.5, 0.6) is 0 Å². The average Bonchev–Trinajstić information content (AvgIpc) is 3.26. The average molecular weight is 362 g/mol. The fourth-order valence-corrected chi connectivity index (χ4v) is 2.45. The molecule has 0 fully saturated rings. The molecule has 0 saturated heterocycles. The van der Waals surface area contributed by atoms with E-state index in [1.54, 1.807) is 30.5 Å². The Morgan fingerprint density at radius 1 is 1.28 bits per heavy atom. The summed E-state index contributed by atoms with van der Waals surface area (Å²) in [7, 11) is 0. The van der Waals surface area contributed by atoms with Gasteiger partial charge in [-0.1, -0.05) is 11.8 Å². The topological polar surface area (TPSA) is 83.8 Å². The molecule has 2 heterocycles. The summed E-state index contributed by atoms with van der Waals surface area (Å²) in [4.78, 5) is 16.0. The standard InChI is InChI=1S/C16H12F2N4O2S/c17-12-5-3-10(8-13(12)18)19-15(23)9-25-16-20-14(21-22-16)6-4-11-2-1-7-24-11/h1-8H,9H2,(H,19,23)(H,20,21,22). The van der Waals surface area contributed by atoms with Crippen LogP contribution in [0.25, 0.3) is 12.2 Å². The number of carbonyl (C=O) groups excluding carboxylic acids is 1. The van der Waals surface area contributed by atoms with Crippen molar-refractivity contribution in [1.29, 1.82) is 0 Å². The molecule has 128 valence electrons. The van der Waals surface area contributed by atoms with Gasteiger partial charge in [0.15, 0.2) is 11.6 Å². The Morgan fingerprint density at radius 2 is 2.16 bits per heavy atom. The van der Waals surface area contributed by atoms with Crippen LogP contribution in [0.15, 0.2) is 46.2 Å². The molecule has 0 atom stereocenters. The molecule has 3 rings (SSSR count). The number of benzene rings is 1. The van der Waals surface area contributed by atoms with Crippen molar-refractivity contribution in [3.8, 4) is 0 Å². The third-order valence-electron chi connectivity index (χ3n) is 2.97. The van der Waals surface area contributed by atoms with Gasteiger partial charge in [-0.3, -0.25) is 9.89 Å². The van der Waals surface area contributed by atoms with E-state index in [2.05, 4.69) is 20.5 Å². The maximum atomic E-state index is 13.1. The summed E-state index contributed by atoms with van der Waals surface area (Å²) in [6.07, 6.45) is 4.98. The lowest BCUT2D eigenvalue weighted by molar-refractivity contribution is -0.113. The molecule has 0 aliphatic rings. The number of halogens is 2. The molecule has 0 aliphatic carbocycles. The predicted octanol–water partition coefficient (Wildman–Crippen LogP) is 3.58. The number of rotatable bonds is 6. The van der Waals surface area contributed by atoms with Gasteiger partial charge in [0.1, 0.15) is 11.6 Å². The number of aromatic amines is 1. The Hall–Kier alpha value is -2.94. The van der Waals surface area contributed by atoms with E-state index in [1.165, 1.54) is 6.07 Å². The van der Waals surface area contributed by atoms with Gasteiger partial charge in [-0.15, -0.1) is 5.10 Å². The van der Waals surface area contributed by atoms with Crippen LogP contribution in [-0.4, -0.2) is 26.8 Å². The van der Waals surface area contributed by atoms with Crippen molar-refractivity contribution in [3.63, 3.8) is 0 Å². The molecule has 6 nitrogen and oxygen atoms in total. The van der Waals surface area contributed by atoms with Gasteiger partial charge in [0.25, 0.3) is 0 Å². The fraction of sp³-hybridized carbons (Fsp3) is 0.0625. The first kappa shape index (κ1) is 16.9. The number of H-pyrrole nitrogens is 1. The Balaban J connectivity index is 1.51. The summed E-state index contributed by atoms with van der Waals surface area (Å²) >= 11 is 1.11. The largest absolute Gasteiger partial charge is 0.465 e. The van der Waals surface area contributed by atoms with E-state index in [9.17, 15) is 13.6 Å². The summed E-state index contributed by atoms with van der Waals surface area (Å²) in [5, 5.41) is 9.56. The minimum atomic E-state index is -1.02. The lowest BCUT2D eigenvalue weighted by atomic mass is 10.3. The Kier molecular flexibility index (Phi) is 5.24. The molecule has 0 unspecified atom stereocenters. The van der Waals surface area contributed by atoms with Crippen LogP contribution in [0.3, 0.4) is 0 Å². The lowest BCUT2D eigenvalue weighted by Gasteiger charge is -2.04. The van der Waals surface area contributed by atoms with Crippen molar-refractivity contribution in [2.24, 2.45) is 0 Å². The molecule has 1 aromatic carbocycles. The number of hydrogen-bond acceptors (Lipinski definition) is 5. The molecule has 0 aliphatic heterocycles. The maximum absolute atomic E-state index is 13.1. The predicted molar refractivity (Wildman–Crippen MR) is 89.7 cm³/mol. The molecule has 1 amide bonds.